The highest BCUT2D eigenvalue weighted by Crippen LogP contribution is 2.21. The Labute approximate surface area is 115 Å². The van der Waals surface area contributed by atoms with E-state index >= 15 is 0 Å². The van der Waals surface area contributed by atoms with Gasteiger partial charge >= 0.3 is 6.16 Å². The molecule has 1 rings (SSSR count). The molecule has 0 aliphatic carbocycles. The van der Waals surface area contributed by atoms with Crippen molar-refractivity contribution in [3.8, 4) is 5.75 Å². The standard InChI is InChI=1S/C16H24O3/c1-3-5-6-7-8-11-14-12-9-10-13-15(14)19-16(17)18-4-2/h9-10,12-13H,3-8,11H2,1-2H3. The molecule has 0 aromatic heterocycles. The van der Waals surface area contributed by atoms with Gasteiger partial charge in [-0.3, -0.25) is 0 Å². The number of hydrogen-bond donors (Lipinski definition) is 0. The van der Waals surface area contributed by atoms with E-state index in [4.69, 9.17) is 9.47 Å². The molecule has 106 valence electrons. The van der Waals surface area contributed by atoms with Crippen molar-refractivity contribution in [3.63, 3.8) is 0 Å². The van der Waals surface area contributed by atoms with E-state index in [0.29, 0.717) is 12.4 Å². The van der Waals surface area contributed by atoms with E-state index in [1.807, 2.05) is 24.3 Å². The second-order valence-corrected chi connectivity index (χ2v) is 4.56. The van der Waals surface area contributed by atoms with Crippen LogP contribution in [0.4, 0.5) is 4.79 Å². The molecule has 0 aliphatic rings. The molecular formula is C16H24O3. The Hall–Kier alpha value is -1.51. The molecular weight excluding hydrogens is 240 g/mol. The van der Waals surface area contributed by atoms with Crippen LogP contribution in [0.1, 0.15) is 51.5 Å². The van der Waals surface area contributed by atoms with Gasteiger partial charge in [-0.25, -0.2) is 4.79 Å². The van der Waals surface area contributed by atoms with Crippen LogP contribution >= 0.6 is 0 Å². The molecule has 0 atom stereocenters. The summed E-state index contributed by atoms with van der Waals surface area (Å²) in [4.78, 5) is 11.3. The molecule has 0 N–H and O–H groups in total. The minimum absolute atomic E-state index is 0.331. The second kappa shape index (κ2) is 9.42. The van der Waals surface area contributed by atoms with Crippen LogP contribution in [0.2, 0.25) is 0 Å². The summed E-state index contributed by atoms with van der Waals surface area (Å²) in [6, 6.07) is 7.67. The van der Waals surface area contributed by atoms with Gasteiger partial charge in [0.2, 0.25) is 0 Å². The zero-order valence-corrected chi connectivity index (χ0v) is 12.0. The Balaban J connectivity index is 2.46. The van der Waals surface area contributed by atoms with E-state index in [2.05, 4.69) is 6.92 Å². The highest BCUT2D eigenvalue weighted by atomic mass is 16.7. The van der Waals surface area contributed by atoms with Crippen LogP contribution in [0.25, 0.3) is 0 Å². The van der Waals surface area contributed by atoms with Crippen LogP contribution in [-0.4, -0.2) is 12.8 Å². The predicted octanol–water partition coefficient (Wildman–Crippen LogP) is 4.73. The van der Waals surface area contributed by atoms with Gasteiger partial charge in [0, 0.05) is 0 Å². The first-order valence-electron chi connectivity index (χ1n) is 7.20. The number of rotatable bonds is 8. The molecule has 0 amide bonds. The average Bonchev–Trinajstić information content (AvgIpc) is 2.40. The third-order valence-corrected chi connectivity index (χ3v) is 2.98. The lowest BCUT2D eigenvalue weighted by molar-refractivity contribution is 0.104. The molecule has 0 heterocycles. The summed E-state index contributed by atoms with van der Waals surface area (Å²) in [5, 5.41) is 0. The van der Waals surface area contributed by atoms with Gasteiger partial charge in [-0.2, -0.15) is 0 Å². The van der Waals surface area contributed by atoms with Crippen molar-refractivity contribution in [2.24, 2.45) is 0 Å². The number of benzene rings is 1. The molecule has 3 nitrogen and oxygen atoms in total. The van der Waals surface area contributed by atoms with E-state index in [9.17, 15) is 4.79 Å². The highest BCUT2D eigenvalue weighted by molar-refractivity contribution is 5.64. The molecule has 19 heavy (non-hydrogen) atoms. The monoisotopic (exact) mass is 264 g/mol. The van der Waals surface area contributed by atoms with Crippen molar-refractivity contribution in [3.05, 3.63) is 29.8 Å². The summed E-state index contributed by atoms with van der Waals surface area (Å²) >= 11 is 0. The summed E-state index contributed by atoms with van der Waals surface area (Å²) in [5.74, 6) is 0.622. The molecule has 1 aromatic rings. The van der Waals surface area contributed by atoms with Gasteiger partial charge in [-0.1, -0.05) is 50.8 Å². The fourth-order valence-corrected chi connectivity index (χ4v) is 1.97. The fourth-order valence-electron chi connectivity index (χ4n) is 1.97. The van der Waals surface area contributed by atoms with Crippen LogP contribution in [0, 0.1) is 0 Å². The number of carbonyl (C=O) groups is 1. The minimum atomic E-state index is -0.624. The molecule has 0 saturated carbocycles. The quantitative estimate of drug-likeness (QED) is 0.386. The van der Waals surface area contributed by atoms with Crippen molar-refractivity contribution in [2.45, 2.75) is 52.4 Å². The average molecular weight is 264 g/mol. The van der Waals surface area contributed by atoms with Gasteiger partial charge in [-0.05, 0) is 31.4 Å². The van der Waals surface area contributed by atoms with Gasteiger partial charge in [0.15, 0.2) is 0 Å². The first kappa shape index (κ1) is 15.5. The van der Waals surface area contributed by atoms with E-state index in [0.717, 1.165) is 18.4 Å². The summed E-state index contributed by atoms with van der Waals surface area (Å²) < 4.78 is 10.0. The van der Waals surface area contributed by atoms with Gasteiger partial charge in [0.1, 0.15) is 5.75 Å². The number of carbonyl (C=O) groups excluding carboxylic acids is 1. The normalized spacial score (nSPS) is 10.2. The molecule has 0 fully saturated rings. The SMILES string of the molecule is CCCCCCCc1ccccc1OC(=O)OCC. The van der Waals surface area contributed by atoms with Crippen LogP contribution < -0.4 is 4.74 Å². The number of aryl methyl sites for hydroxylation is 1. The van der Waals surface area contributed by atoms with E-state index < -0.39 is 6.16 Å². The molecule has 0 unspecified atom stereocenters. The largest absolute Gasteiger partial charge is 0.513 e. The lowest BCUT2D eigenvalue weighted by atomic mass is 10.0. The maximum atomic E-state index is 11.3. The Morgan fingerprint density at radius 3 is 2.53 bits per heavy atom. The lowest BCUT2D eigenvalue weighted by Gasteiger charge is -2.09. The minimum Gasteiger partial charge on any atom is -0.434 e. The van der Waals surface area contributed by atoms with Crippen molar-refractivity contribution in [1.29, 1.82) is 0 Å². The Kier molecular flexibility index (Phi) is 7.71. The first-order chi connectivity index (χ1) is 9.27. The molecule has 0 saturated heterocycles. The fraction of sp³-hybridized carbons (Fsp3) is 0.562. The maximum Gasteiger partial charge on any atom is 0.513 e. The zero-order chi connectivity index (χ0) is 13.9. The third kappa shape index (κ3) is 6.27. The molecule has 0 aliphatic heterocycles. The lowest BCUT2D eigenvalue weighted by Crippen LogP contribution is -2.11. The smallest absolute Gasteiger partial charge is 0.434 e. The van der Waals surface area contributed by atoms with Gasteiger partial charge in [0.05, 0.1) is 6.61 Å². The van der Waals surface area contributed by atoms with Crippen molar-refractivity contribution < 1.29 is 14.3 Å². The summed E-state index contributed by atoms with van der Waals surface area (Å²) in [6.07, 6.45) is 6.49. The maximum absolute atomic E-state index is 11.3. The number of hydrogen-bond acceptors (Lipinski definition) is 3. The molecule has 3 heteroatoms. The highest BCUT2D eigenvalue weighted by Gasteiger charge is 2.08. The summed E-state index contributed by atoms with van der Waals surface area (Å²) in [5.41, 5.74) is 1.08. The topological polar surface area (TPSA) is 35.5 Å². The van der Waals surface area contributed by atoms with E-state index in [1.54, 1.807) is 6.92 Å². The summed E-state index contributed by atoms with van der Waals surface area (Å²) in [7, 11) is 0. The predicted molar refractivity (Wildman–Crippen MR) is 76.6 cm³/mol. The van der Waals surface area contributed by atoms with Crippen LogP contribution in [0.5, 0.6) is 5.75 Å². The van der Waals surface area contributed by atoms with Gasteiger partial charge in [-0.15, -0.1) is 0 Å². The van der Waals surface area contributed by atoms with Crippen molar-refractivity contribution in [2.75, 3.05) is 6.61 Å². The van der Waals surface area contributed by atoms with E-state index in [1.165, 1.54) is 25.7 Å². The zero-order valence-electron chi connectivity index (χ0n) is 12.0. The second-order valence-electron chi connectivity index (χ2n) is 4.56. The molecule has 0 radical (unpaired) electrons. The molecule has 0 bridgehead atoms. The van der Waals surface area contributed by atoms with Crippen LogP contribution in [-0.2, 0) is 11.2 Å². The third-order valence-electron chi connectivity index (χ3n) is 2.98. The van der Waals surface area contributed by atoms with Crippen molar-refractivity contribution >= 4 is 6.16 Å². The van der Waals surface area contributed by atoms with Gasteiger partial charge < -0.3 is 9.47 Å². The van der Waals surface area contributed by atoms with Crippen LogP contribution in [0.15, 0.2) is 24.3 Å². The molecule has 0 spiro atoms. The first-order valence-corrected chi connectivity index (χ1v) is 7.20. The molecule has 1 aromatic carbocycles. The number of para-hydroxylation sites is 1. The number of ether oxygens (including phenoxy) is 2. The number of unbranched alkanes of at least 4 members (excludes halogenated alkanes) is 4. The van der Waals surface area contributed by atoms with Crippen molar-refractivity contribution in [1.82, 2.24) is 0 Å². The van der Waals surface area contributed by atoms with Crippen LogP contribution in [0.3, 0.4) is 0 Å². The Bertz CT molecular complexity index is 374. The Morgan fingerprint density at radius 2 is 1.79 bits per heavy atom. The van der Waals surface area contributed by atoms with E-state index in [-0.39, 0.29) is 0 Å². The van der Waals surface area contributed by atoms with Gasteiger partial charge in [0.25, 0.3) is 0 Å². The Morgan fingerprint density at radius 1 is 1.05 bits per heavy atom. The summed E-state index contributed by atoms with van der Waals surface area (Å²) in [6.45, 7) is 4.31.